The van der Waals surface area contributed by atoms with Crippen molar-refractivity contribution in [3.05, 3.63) is 0 Å². The summed E-state index contributed by atoms with van der Waals surface area (Å²) in [5.74, 6) is 0.790. The van der Waals surface area contributed by atoms with Gasteiger partial charge in [0.2, 0.25) is 0 Å². The Morgan fingerprint density at radius 3 is 2.05 bits per heavy atom. The molecule has 0 aromatic carbocycles. The molecule has 4 heteroatoms. The van der Waals surface area contributed by atoms with Crippen molar-refractivity contribution in [1.82, 2.24) is 0 Å². The summed E-state index contributed by atoms with van der Waals surface area (Å²) < 4.78 is 11.0. The normalized spacial score (nSPS) is 16.5. The largest absolute Gasteiger partial charge is 0.469 e. The monoisotopic (exact) mass is 328 g/mol. The number of unbranched alkanes of at least 4 members (excludes halogenated alkanes) is 6. The first-order valence-corrected chi connectivity index (χ1v) is 12.6. The van der Waals surface area contributed by atoms with Crippen molar-refractivity contribution in [2.24, 2.45) is 5.92 Å². The maximum Gasteiger partial charge on any atom is 0.305 e. The number of hydrogen-bond donors (Lipinski definition) is 0. The van der Waals surface area contributed by atoms with Gasteiger partial charge in [0.25, 0.3) is 0 Å². The lowest BCUT2D eigenvalue weighted by Crippen LogP contribution is -2.33. The summed E-state index contributed by atoms with van der Waals surface area (Å²) in [6, 6.07) is 0. The molecule has 0 N–H and O–H groups in total. The zero-order valence-corrected chi connectivity index (χ0v) is 16.2. The van der Waals surface area contributed by atoms with Gasteiger partial charge in [-0.15, -0.1) is 0 Å². The van der Waals surface area contributed by atoms with E-state index in [1.54, 1.807) is 0 Å². The van der Waals surface area contributed by atoms with E-state index in [-0.39, 0.29) is 5.97 Å². The average molecular weight is 329 g/mol. The highest BCUT2D eigenvalue weighted by atomic mass is 28.4. The van der Waals surface area contributed by atoms with Crippen LogP contribution in [-0.4, -0.2) is 27.5 Å². The van der Waals surface area contributed by atoms with Crippen LogP contribution in [0.5, 0.6) is 0 Å². The lowest BCUT2D eigenvalue weighted by molar-refractivity contribution is -0.140. The van der Waals surface area contributed by atoms with Crippen LogP contribution in [0.1, 0.15) is 70.6 Å². The van der Waals surface area contributed by atoms with E-state index >= 15 is 0 Å². The summed E-state index contributed by atoms with van der Waals surface area (Å²) in [5, 5.41) is 0. The van der Waals surface area contributed by atoms with Gasteiger partial charge in [-0.05, 0) is 51.2 Å². The highest BCUT2D eigenvalue weighted by Crippen LogP contribution is 2.37. The van der Waals surface area contributed by atoms with Gasteiger partial charge in [0.1, 0.15) is 0 Å². The molecule has 0 saturated heterocycles. The van der Waals surface area contributed by atoms with Crippen LogP contribution >= 0.6 is 0 Å². The van der Waals surface area contributed by atoms with Crippen LogP contribution in [0.25, 0.3) is 0 Å². The van der Waals surface area contributed by atoms with Crippen LogP contribution in [0.15, 0.2) is 0 Å². The Hall–Kier alpha value is -0.353. The third-order valence-electron chi connectivity index (χ3n) is 4.25. The van der Waals surface area contributed by atoms with E-state index in [9.17, 15) is 4.79 Å². The lowest BCUT2D eigenvalue weighted by Gasteiger charge is -2.26. The molecule has 0 aromatic heterocycles. The Bertz CT molecular complexity index is 308. The fourth-order valence-corrected chi connectivity index (χ4v) is 4.13. The fraction of sp³-hybridized carbons (Fsp3) is 0.944. The maximum atomic E-state index is 11.0. The van der Waals surface area contributed by atoms with Crippen molar-refractivity contribution in [3.63, 3.8) is 0 Å². The Kier molecular flexibility index (Phi) is 9.33. The minimum atomic E-state index is -1.38. The zero-order chi connectivity index (χ0) is 16.4. The topological polar surface area (TPSA) is 35.5 Å². The fourth-order valence-electron chi connectivity index (χ4n) is 2.91. The highest BCUT2D eigenvalue weighted by Gasteiger charge is 2.34. The highest BCUT2D eigenvalue weighted by molar-refractivity contribution is 6.69. The number of carbonyl (C=O) groups excluding carboxylic acids is 1. The first-order valence-electron chi connectivity index (χ1n) is 9.17. The van der Waals surface area contributed by atoms with Gasteiger partial charge in [0, 0.05) is 12.5 Å². The van der Waals surface area contributed by atoms with Crippen molar-refractivity contribution in [3.8, 4) is 0 Å². The van der Waals surface area contributed by atoms with E-state index in [0.29, 0.717) is 12.5 Å². The van der Waals surface area contributed by atoms with Gasteiger partial charge in [-0.3, -0.25) is 4.79 Å². The first kappa shape index (κ1) is 19.7. The standard InChI is InChI=1S/C18H36O3Si/c1-20-18(19)13-11-9-7-5-6-8-10-12-17(16-14-15-16)21-22(2,3)4/h16-17H,5-15H2,1-4H3. The second-order valence-electron chi connectivity index (χ2n) is 7.70. The van der Waals surface area contributed by atoms with Crippen molar-refractivity contribution in [1.29, 1.82) is 0 Å². The minimum absolute atomic E-state index is 0.0754. The van der Waals surface area contributed by atoms with E-state index in [4.69, 9.17) is 4.43 Å². The summed E-state index contributed by atoms with van der Waals surface area (Å²) in [4.78, 5) is 11.0. The molecule has 1 atom stereocenters. The van der Waals surface area contributed by atoms with Crippen molar-refractivity contribution >= 4 is 14.3 Å². The van der Waals surface area contributed by atoms with E-state index in [1.807, 2.05) is 0 Å². The van der Waals surface area contributed by atoms with Gasteiger partial charge in [-0.25, -0.2) is 0 Å². The number of rotatable bonds is 13. The summed E-state index contributed by atoms with van der Waals surface area (Å²) >= 11 is 0. The quantitative estimate of drug-likeness (QED) is 0.261. The van der Waals surface area contributed by atoms with E-state index < -0.39 is 8.32 Å². The molecule has 0 heterocycles. The molecule has 1 rings (SSSR count). The molecule has 0 aromatic rings. The molecule has 0 bridgehead atoms. The molecule has 0 amide bonds. The molecule has 0 aliphatic heterocycles. The van der Waals surface area contributed by atoms with Crippen LogP contribution in [-0.2, 0) is 14.0 Å². The predicted octanol–water partition coefficient (Wildman–Crippen LogP) is 5.30. The summed E-state index contributed by atoms with van der Waals surface area (Å²) in [5.41, 5.74) is 0. The van der Waals surface area contributed by atoms with Gasteiger partial charge in [0.15, 0.2) is 8.32 Å². The van der Waals surface area contributed by atoms with Gasteiger partial charge >= 0.3 is 5.97 Å². The summed E-state index contributed by atoms with van der Waals surface area (Å²) in [6.07, 6.45) is 13.8. The molecule has 1 fully saturated rings. The number of hydrogen-bond acceptors (Lipinski definition) is 3. The van der Waals surface area contributed by atoms with Crippen molar-refractivity contribution in [2.45, 2.75) is 96.4 Å². The summed E-state index contributed by atoms with van der Waals surface area (Å²) in [7, 11) is 0.0777. The molecular formula is C18H36O3Si. The molecule has 22 heavy (non-hydrogen) atoms. The molecule has 0 spiro atoms. The molecule has 1 saturated carbocycles. The third-order valence-corrected chi connectivity index (χ3v) is 5.26. The van der Waals surface area contributed by atoms with Crippen LogP contribution in [0.3, 0.4) is 0 Å². The molecule has 1 unspecified atom stereocenters. The first-order chi connectivity index (χ1) is 10.4. The Labute approximate surface area is 138 Å². The van der Waals surface area contributed by atoms with E-state index in [2.05, 4.69) is 24.4 Å². The molecule has 0 radical (unpaired) electrons. The smallest absolute Gasteiger partial charge is 0.305 e. The average Bonchev–Trinajstić information content (AvgIpc) is 3.27. The summed E-state index contributed by atoms with van der Waals surface area (Å²) in [6.45, 7) is 6.91. The lowest BCUT2D eigenvalue weighted by atomic mass is 10.0. The van der Waals surface area contributed by atoms with E-state index in [1.165, 1.54) is 58.5 Å². The Morgan fingerprint density at radius 1 is 1.00 bits per heavy atom. The van der Waals surface area contributed by atoms with Gasteiger partial charge < -0.3 is 9.16 Å². The predicted molar refractivity (Wildman–Crippen MR) is 94.5 cm³/mol. The van der Waals surface area contributed by atoms with Crippen molar-refractivity contribution in [2.75, 3.05) is 7.11 Å². The third kappa shape index (κ3) is 10.4. The number of esters is 1. The Balaban J connectivity index is 1.94. The number of ether oxygens (including phenoxy) is 1. The van der Waals surface area contributed by atoms with Crippen molar-refractivity contribution < 1.29 is 14.0 Å². The molecule has 1 aliphatic rings. The second kappa shape index (κ2) is 10.4. The maximum absolute atomic E-state index is 11.0. The molecule has 3 nitrogen and oxygen atoms in total. The molecular weight excluding hydrogens is 292 g/mol. The SMILES string of the molecule is COC(=O)CCCCCCCCCC(O[Si](C)(C)C)C1CC1. The number of carbonyl (C=O) groups is 1. The minimum Gasteiger partial charge on any atom is -0.469 e. The zero-order valence-electron chi connectivity index (χ0n) is 15.2. The second-order valence-corrected chi connectivity index (χ2v) is 12.2. The Morgan fingerprint density at radius 2 is 1.55 bits per heavy atom. The van der Waals surface area contributed by atoms with Crippen LogP contribution < -0.4 is 0 Å². The van der Waals surface area contributed by atoms with Gasteiger partial charge in [0.05, 0.1) is 7.11 Å². The van der Waals surface area contributed by atoms with Gasteiger partial charge in [-0.2, -0.15) is 0 Å². The van der Waals surface area contributed by atoms with E-state index in [0.717, 1.165) is 18.8 Å². The molecule has 130 valence electrons. The van der Waals surface area contributed by atoms with Crippen LogP contribution in [0, 0.1) is 5.92 Å². The van der Waals surface area contributed by atoms with Gasteiger partial charge in [-0.1, -0.05) is 38.5 Å². The molecule has 1 aliphatic carbocycles. The van der Waals surface area contributed by atoms with Crippen LogP contribution in [0.4, 0.5) is 0 Å². The number of methoxy groups -OCH3 is 1. The van der Waals surface area contributed by atoms with Crippen LogP contribution in [0.2, 0.25) is 19.6 Å².